The summed E-state index contributed by atoms with van der Waals surface area (Å²) >= 11 is 0. The fourth-order valence-corrected chi connectivity index (χ4v) is 5.40. The molecule has 0 atom stereocenters. The van der Waals surface area contributed by atoms with Crippen molar-refractivity contribution >= 4 is 21.6 Å². The summed E-state index contributed by atoms with van der Waals surface area (Å²) in [5, 5.41) is 2.90. The van der Waals surface area contributed by atoms with Crippen LogP contribution in [0.25, 0.3) is 0 Å². The second-order valence-electron chi connectivity index (χ2n) is 8.46. The van der Waals surface area contributed by atoms with Gasteiger partial charge in [0.15, 0.2) is 0 Å². The number of anilines is 1. The maximum absolute atomic E-state index is 13.4. The zero-order valence-corrected chi connectivity index (χ0v) is 20.1. The number of carbonyl (C=O) groups excluding carboxylic acids is 1. The largest absolute Gasteiger partial charge is 0.354 e. The highest BCUT2D eigenvalue weighted by Crippen LogP contribution is 2.27. The van der Waals surface area contributed by atoms with Crippen LogP contribution in [0, 0.1) is 13.8 Å². The molecule has 1 aliphatic rings. The third-order valence-corrected chi connectivity index (χ3v) is 7.58. The van der Waals surface area contributed by atoms with E-state index in [0.717, 1.165) is 50.3 Å². The molecule has 8 heteroatoms. The molecule has 1 aliphatic heterocycles. The van der Waals surface area contributed by atoms with Crippen molar-refractivity contribution in [2.24, 2.45) is 0 Å². The molecule has 0 bridgehead atoms. The highest BCUT2D eigenvalue weighted by atomic mass is 32.2. The monoisotopic (exact) mass is 458 g/mol. The van der Waals surface area contributed by atoms with E-state index in [9.17, 15) is 13.2 Å². The van der Waals surface area contributed by atoms with Crippen LogP contribution in [0.2, 0.25) is 0 Å². The minimum atomic E-state index is -3.88. The second kappa shape index (κ2) is 10.9. The van der Waals surface area contributed by atoms with E-state index in [-0.39, 0.29) is 17.3 Å². The Balaban J connectivity index is 1.67. The lowest BCUT2D eigenvalue weighted by Gasteiger charge is -2.32. The number of amides is 1. The smallest absolute Gasteiger partial charge is 0.264 e. The fraction of sp³-hybridized carbons (Fsp3) is 0.458. The quantitative estimate of drug-likeness (QED) is 0.584. The Morgan fingerprint density at radius 1 is 1.03 bits per heavy atom. The SMILES string of the molecule is Cc1ccc(N(CC(=O)NCCCN2CCN(C)CC2)S(=O)(=O)c2ccccc2)c(C)c1. The standard InChI is InChI=1S/C24H34N4O3S/c1-20-10-11-23(21(2)18-20)28(32(30,31)22-8-5-4-6-9-22)19-24(29)25-12-7-13-27-16-14-26(3)15-17-27/h4-6,8-11,18H,7,12-17,19H2,1-3H3,(H,25,29). The molecule has 0 radical (unpaired) electrons. The van der Waals surface area contributed by atoms with Gasteiger partial charge in [0.1, 0.15) is 6.54 Å². The number of rotatable bonds is 9. The van der Waals surface area contributed by atoms with Crippen LogP contribution in [-0.4, -0.2) is 77.0 Å². The van der Waals surface area contributed by atoms with E-state index in [4.69, 9.17) is 0 Å². The van der Waals surface area contributed by atoms with Crippen LogP contribution in [0.3, 0.4) is 0 Å². The van der Waals surface area contributed by atoms with E-state index in [0.29, 0.717) is 12.2 Å². The number of aryl methyl sites for hydroxylation is 2. The number of piperazine rings is 1. The van der Waals surface area contributed by atoms with Crippen LogP contribution < -0.4 is 9.62 Å². The Labute approximate surface area is 192 Å². The molecule has 174 valence electrons. The molecule has 0 spiro atoms. The van der Waals surface area contributed by atoms with Gasteiger partial charge >= 0.3 is 0 Å². The topological polar surface area (TPSA) is 73.0 Å². The summed E-state index contributed by atoms with van der Waals surface area (Å²) in [7, 11) is -1.75. The third kappa shape index (κ3) is 6.31. The van der Waals surface area contributed by atoms with Crippen molar-refractivity contribution in [3.8, 4) is 0 Å². The van der Waals surface area contributed by atoms with E-state index in [1.165, 1.54) is 4.31 Å². The predicted molar refractivity (Wildman–Crippen MR) is 128 cm³/mol. The minimum Gasteiger partial charge on any atom is -0.354 e. The van der Waals surface area contributed by atoms with Crippen LogP contribution >= 0.6 is 0 Å². The molecule has 0 unspecified atom stereocenters. The number of likely N-dealkylation sites (N-methyl/N-ethyl adjacent to an activating group) is 1. The molecule has 3 rings (SSSR count). The number of nitrogens with one attached hydrogen (secondary N) is 1. The molecule has 1 fully saturated rings. The minimum absolute atomic E-state index is 0.169. The predicted octanol–water partition coefficient (Wildman–Crippen LogP) is 2.25. The van der Waals surface area contributed by atoms with Gasteiger partial charge in [0.25, 0.3) is 10.0 Å². The average molecular weight is 459 g/mol. The highest BCUT2D eigenvalue weighted by molar-refractivity contribution is 7.92. The van der Waals surface area contributed by atoms with Crippen molar-refractivity contribution in [1.29, 1.82) is 0 Å². The summed E-state index contributed by atoms with van der Waals surface area (Å²) < 4.78 is 28.0. The van der Waals surface area contributed by atoms with Crippen LogP contribution in [-0.2, 0) is 14.8 Å². The van der Waals surface area contributed by atoms with Gasteiger partial charge in [-0.2, -0.15) is 0 Å². The lowest BCUT2D eigenvalue weighted by molar-refractivity contribution is -0.119. The van der Waals surface area contributed by atoms with Crippen LogP contribution in [0.1, 0.15) is 17.5 Å². The summed E-state index contributed by atoms with van der Waals surface area (Å²) in [6, 6.07) is 13.8. The molecule has 1 N–H and O–H groups in total. The number of benzene rings is 2. The number of carbonyl (C=O) groups is 1. The molecule has 1 amide bonds. The molecule has 2 aromatic rings. The van der Waals surface area contributed by atoms with E-state index in [2.05, 4.69) is 22.2 Å². The third-order valence-electron chi connectivity index (χ3n) is 5.81. The van der Waals surface area contributed by atoms with Gasteiger partial charge in [-0.25, -0.2) is 8.42 Å². The van der Waals surface area contributed by atoms with Crippen LogP contribution in [0.15, 0.2) is 53.4 Å². The van der Waals surface area contributed by atoms with Gasteiger partial charge in [-0.3, -0.25) is 9.10 Å². The average Bonchev–Trinajstić information content (AvgIpc) is 2.77. The number of sulfonamides is 1. The van der Waals surface area contributed by atoms with Gasteiger partial charge in [-0.1, -0.05) is 35.9 Å². The summed E-state index contributed by atoms with van der Waals surface area (Å²) in [4.78, 5) is 17.6. The molecule has 2 aromatic carbocycles. The molecule has 0 aliphatic carbocycles. The normalized spacial score (nSPS) is 15.5. The highest BCUT2D eigenvalue weighted by Gasteiger charge is 2.28. The molecule has 32 heavy (non-hydrogen) atoms. The second-order valence-corrected chi connectivity index (χ2v) is 10.3. The van der Waals surface area contributed by atoms with E-state index >= 15 is 0 Å². The van der Waals surface area contributed by atoms with Gasteiger partial charge in [-0.05, 0) is 57.6 Å². The van der Waals surface area contributed by atoms with Crippen LogP contribution in [0.5, 0.6) is 0 Å². The molecule has 7 nitrogen and oxygen atoms in total. The molecule has 1 saturated heterocycles. The van der Waals surface area contributed by atoms with Gasteiger partial charge in [0.05, 0.1) is 10.6 Å². The zero-order chi connectivity index (χ0) is 23.1. The summed E-state index contributed by atoms with van der Waals surface area (Å²) in [6.45, 7) is 9.23. The first-order valence-corrected chi connectivity index (χ1v) is 12.5. The fourth-order valence-electron chi connectivity index (χ4n) is 3.89. The molecule has 1 heterocycles. The summed E-state index contributed by atoms with van der Waals surface area (Å²) in [5.41, 5.74) is 2.37. The van der Waals surface area contributed by atoms with Gasteiger partial charge < -0.3 is 15.1 Å². The molecular weight excluding hydrogens is 424 g/mol. The first-order valence-electron chi connectivity index (χ1n) is 11.1. The lowest BCUT2D eigenvalue weighted by atomic mass is 10.1. The van der Waals surface area contributed by atoms with E-state index < -0.39 is 10.0 Å². The maximum Gasteiger partial charge on any atom is 0.264 e. The molecule has 0 saturated carbocycles. The number of hydrogen-bond donors (Lipinski definition) is 1. The number of hydrogen-bond acceptors (Lipinski definition) is 5. The lowest BCUT2D eigenvalue weighted by Crippen LogP contribution is -2.45. The Morgan fingerprint density at radius 3 is 2.38 bits per heavy atom. The zero-order valence-electron chi connectivity index (χ0n) is 19.3. The molecule has 0 aromatic heterocycles. The van der Waals surface area contributed by atoms with Gasteiger partial charge in [-0.15, -0.1) is 0 Å². The first-order chi connectivity index (χ1) is 15.3. The Bertz CT molecular complexity index is 1000. The van der Waals surface area contributed by atoms with Crippen LogP contribution in [0.4, 0.5) is 5.69 Å². The van der Waals surface area contributed by atoms with Crippen molar-refractivity contribution in [2.45, 2.75) is 25.2 Å². The first kappa shape index (κ1) is 24.2. The van der Waals surface area contributed by atoms with Crippen molar-refractivity contribution in [2.75, 3.05) is 57.2 Å². The Morgan fingerprint density at radius 2 is 1.72 bits per heavy atom. The van der Waals surface area contributed by atoms with Crippen molar-refractivity contribution in [3.05, 3.63) is 59.7 Å². The Kier molecular flexibility index (Phi) is 8.28. The van der Waals surface area contributed by atoms with Gasteiger partial charge in [0.2, 0.25) is 5.91 Å². The Hall–Kier alpha value is -2.42. The van der Waals surface area contributed by atoms with Gasteiger partial charge in [0, 0.05) is 32.7 Å². The number of nitrogens with zero attached hydrogens (tertiary/aromatic N) is 3. The summed E-state index contributed by atoms with van der Waals surface area (Å²) in [6.07, 6.45) is 0.838. The van der Waals surface area contributed by atoms with E-state index in [1.54, 1.807) is 36.4 Å². The summed E-state index contributed by atoms with van der Waals surface area (Å²) in [5.74, 6) is -0.303. The molecular formula is C24H34N4O3S. The van der Waals surface area contributed by atoms with Crippen molar-refractivity contribution in [1.82, 2.24) is 15.1 Å². The van der Waals surface area contributed by atoms with E-state index in [1.807, 2.05) is 26.0 Å². The van der Waals surface area contributed by atoms with Crippen molar-refractivity contribution in [3.63, 3.8) is 0 Å². The van der Waals surface area contributed by atoms with Crippen molar-refractivity contribution < 1.29 is 13.2 Å². The maximum atomic E-state index is 13.4.